The summed E-state index contributed by atoms with van der Waals surface area (Å²) >= 11 is 0. The fourth-order valence-electron chi connectivity index (χ4n) is 1.18. The molecule has 0 radical (unpaired) electrons. The zero-order valence-electron chi connectivity index (χ0n) is 8.04. The smallest absolute Gasteiger partial charge is 0.119 e. The van der Waals surface area contributed by atoms with Crippen LogP contribution in [0.25, 0.3) is 0 Å². The van der Waals surface area contributed by atoms with Crippen molar-refractivity contribution in [1.82, 2.24) is 0 Å². The van der Waals surface area contributed by atoms with E-state index in [0.717, 1.165) is 13.0 Å². The van der Waals surface area contributed by atoms with Crippen LogP contribution in [0.5, 0.6) is 5.75 Å². The third-order valence-electron chi connectivity index (χ3n) is 1.93. The minimum absolute atomic E-state index is 0.390. The van der Waals surface area contributed by atoms with Gasteiger partial charge in [-0.1, -0.05) is 12.1 Å². The highest BCUT2D eigenvalue weighted by Gasteiger charge is 2.22. The summed E-state index contributed by atoms with van der Waals surface area (Å²) in [5.41, 5.74) is 1.18. The fourth-order valence-corrected chi connectivity index (χ4v) is 1.18. The van der Waals surface area contributed by atoms with Gasteiger partial charge in [0.05, 0.1) is 21.2 Å². The van der Waals surface area contributed by atoms with Crippen LogP contribution in [0.3, 0.4) is 0 Å². The molecule has 1 aromatic carbocycles. The summed E-state index contributed by atoms with van der Waals surface area (Å²) in [5, 5.41) is 0. The van der Waals surface area contributed by atoms with Crippen LogP contribution in [-0.2, 0) is 11.2 Å². The first-order chi connectivity index (χ1) is 6.29. The summed E-state index contributed by atoms with van der Waals surface area (Å²) in [4.78, 5) is 0. The maximum Gasteiger partial charge on any atom is 0.119 e. The van der Waals surface area contributed by atoms with Gasteiger partial charge in [0, 0.05) is 6.42 Å². The molecule has 0 amide bonds. The van der Waals surface area contributed by atoms with E-state index in [1.165, 1.54) is 5.56 Å². The van der Waals surface area contributed by atoms with Crippen molar-refractivity contribution in [1.29, 1.82) is 0 Å². The van der Waals surface area contributed by atoms with Gasteiger partial charge in [0.1, 0.15) is 5.75 Å². The lowest BCUT2D eigenvalue weighted by Gasteiger charge is -2.01. The van der Waals surface area contributed by atoms with Gasteiger partial charge in [-0.25, -0.2) is 0 Å². The van der Waals surface area contributed by atoms with Crippen molar-refractivity contribution in [3.63, 3.8) is 0 Å². The van der Waals surface area contributed by atoms with E-state index in [1.54, 1.807) is 13.2 Å². The molecule has 1 aliphatic rings. The normalized spacial score (nSPS) is 21.8. The first kappa shape index (κ1) is 6.49. The molecule has 0 spiro atoms. The zero-order chi connectivity index (χ0) is 9.26. The molecule has 0 aliphatic carbocycles. The largest absolute Gasteiger partial charge is 0.497 e. The highest BCUT2D eigenvalue weighted by molar-refractivity contribution is 5.29. The molecule has 0 bridgehead atoms. The van der Waals surface area contributed by atoms with Crippen LogP contribution in [0.15, 0.2) is 24.2 Å². The highest BCUT2D eigenvalue weighted by atomic mass is 16.6. The van der Waals surface area contributed by atoms with E-state index in [2.05, 4.69) is 0 Å². The van der Waals surface area contributed by atoms with Gasteiger partial charge < -0.3 is 9.47 Å². The van der Waals surface area contributed by atoms with Crippen LogP contribution in [0.4, 0.5) is 0 Å². The Balaban J connectivity index is 2.16. The van der Waals surface area contributed by atoms with Gasteiger partial charge >= 0.3 is 0 Å². The van der Waals surface area contributed by atoms with Crippen molar-refractivity contribution in [2.75, 3.05) is 13.7 Å². The van der Waals surface area contributed by atoms with Crippen molar-refractivity contribution in [2.24, 2.45) is 0 Å². The summed E-state index contributed by atoms with van der Waals surface area (Å²) in [6, 6.07) is 6.05. The first-order valence-electron chi connectivity index (χ1n) is 4.54. The molecule has 1 atom stereocenters. The number of hydrogen-bond donors (Lipinski definition) is 0. The Bertz CT molecular complexity index is 308. The van der Waals surface area contributed by atoms with Crippen LogP contribution < -0.4 is 4.74 Å². The maximum absolute atomic E-state index is 7.51. The second-order valence-electron chi connectivity index (χ2n) is 2.92. The molecule has 12 heavy (non-hydrogen) atoms. The van der Waals surface area contributed by atoms with Crippen LogP contribution in [0, 0.1) is 0 Å². The topological polar surface area (TPSA) is 21.8 Å². The molecular formula is C10H12O2. The monoisotopic (exact) mass is 165 g/mol. The van der Waals surface area contributed by atoms with Crippen molar-refractivity contribution in [3.8, 4) is 5.75 Å². The number of epoxide rings is 1. The van der Waals surface area contributed by atoms with Crippen molar-refractivity contribution >= 4 is 0 Å². The lowest BCUT2D eigenvalue weighted by atomic mass is 10.1. The second kappa shape index (κ2) is 3.15. The van der Waals surface area contributed by atoms with Crippen LogP contribution >= 0.6 is 0 Å². The van der Waals surface area contributed by atoms with E-state index in [9.17, 15) is 0 Å². The number of benzene rings is 1. The van der Waals surface area contributed by atoms with E-state index in [1.807, 2.05) is 12.1 Å². The third kappa shape index (κ3) is 1.77. The molecule has 1 unspecified atom stereocenters. The molecule has 1 aliphatic heterocycles. The average molecular weight is 165 g/mol. The SMILES string of the molecule is [2H]c1ccc(CC2CO2)cc1OC. The number of hydrogen-bond acceptors (Lipinski definition) is 2. The Hall–Kier alpha value is -1.02. The van der Waals surface area contributed by atoms with Gasteiger partial charge in [-0.2, -0.15) is 0 Å². The molecular weight excluding hydrogens is 152 g/mol. The lowest BCUT2D eigenvalue weighted by Crippen LogP contribution is -1.93. The fraction of sp³-hybridized carbons (Fsp3) is 0.400. The number of rotatable bonds is 3. The predicted octanol–water partition coefficient (Wildman–Crippen LogP) is 1.64. The summed E-state index contributed by atoms with van der Waals surface area (Å²) in [6.07, 6.45) is 1.32. The Morgan fingerprint density at radius 3 is 3.33 bits per heavy atom. The third-order valence-corrected chi connectivity index (χ3v) is 1.93. The van der Waals surface area contributed by atoms with Gasteiger partial charge in [-0.3, -0.25) is 0 Å². The van der Waals surface area contributed by atoms with E-state index >= 15 is 0 Å². The van der Waals surface area contributed by atoms with Gasteiger partial charge in [-0.15, -0.1) is 0 Å². The van der Waals surface area contributed by atoms with Gasteiger partial charge in [-0.05, 0) is 17.7 Å². The molecule has 1 saturated heterocycles. The quantitative estimate of drug-likeness (QED) is 0.635. The van der Waals surface area contributed by atoms with Crippen molar-refractivity contribution in [2.45, 2.75) is 12.5 Å². The van der Waals surface area contributed by atoms with Gasteiger partial charge in [0.15, 0.2) is 0 Å². The summed E-state index contributed by atoms with van der Waals surface area (Å²) in [6.45, 7) is 0.866. The van der Waals surface area contributed by atoms with Gasteiger partial charge in [0.2, 0.25) is 0 Å². The zero-order valence-corrected chi connectivity index (χ0v) is 7.04. The maximum atomic E-state index is 7.51. The van der Waals surface area contributed by atoms with Crippen molar-refractivity contribution < 1.29 is 10.8 Å². The van der Waals surface area contributed by atoms with Crippen LogP contribution in [0.1, 0.15) is 6.93 Å². The molecule has 2 heteroatoms. The summed E-state index contributed by atoms with van der Waals surface area (Å²) < 4.78 is 17.7. The first-order valence-corrected chi connectivity index (χ1v) is 4.04. The highest BCUT2D eigenvalue weighted by Crippen LogP contribution is 2.19. The number of ether oxygens (including phenoxy) is 2. The minimum Gasteiger partial charge on any atom is -0.497 e. The average Bonchev–Trinajstić information content (AvgIpc) is 2.92. The molecule has 1 fully saturated rings. The molecule has 0 N–H and O–H groups in total. The Morgan fingerprint density at radius 1 is 1.83 bits per heavy atom. The second-order valence-corrected chi connectivity index (χ2v) is 2.92. The van der Waals surface area contributed by atoms with E-state index in [-0.39, 0.29) is 0 Å². The number of methoxy groups -OCH3 is 1. The predicted molar refractivity (Wildman–Crippen MR) is 46.4 cm³/mol. The molecule has 0 aromatic heterocycles. The molecule has 2 rings (SSSR count). The Kier molecular flexibility index (Phi) is 1.70. The molecule has 2 nitrogen and oxygen atoms in total. The van der Waals surface area contributed by atoms with E-state index < -0.39 is 0 Å². The van der Waals surface area contributed by atoms with E-state index in [0.29, 0.717) is 17.9 Å². The summed E-state index contributed by atoms with van der Waals surface area (Å²) in [7, 11) is 1.59. The Labute approximate surface area is 73.5 Å². The molecule has 1 heterocycles. The van der Waals surface area contributed by atoms with Crippen LogP contribution in [-0.4, -0.2) is 19.8 Å². The lowest BCUT2D eigenvalue weighted by molar-refractivity contribution is 0.404. The molecule has 1 aromatic rings. The summed E-state index contributed by atoms with van der Waals surface area (Å²) in [5.74, 6) is 0.637. The van der Waals surface area contributed by atoms with Crippen molar-refractivity contribution in [3.05, 3.63) is 29.8 Å². The minimum atomic E-state index is 0.390. The van der Waals surface area contributed by atoms with Gasteiger partial charge in [0.25, 0.3) is 0 Å². The molecule has 64 valence electrons. The van der Waals surface area contributed by atoms with E-state index in [4.69, 9.17) is 10.8 Å². The van der Waals surface area contributed by atoms with Crippen LogP contribution in [0.2, 0.25) is 0 Å². The Morgan fingerprint density at radius 2 is 2.67 bits per heavy atom. The molecule has 0 saturated carbocycles. The standard InChI is InChI=1S/C10H12O2/c1-11-9-4-2-3-8(5-9)6-10-7-12-10/h2-5,10H,6-7H2,1H3/i4D.